The second kappa shape index (κ2) is 14.2. The Balaban J connectivity index is -0.000000101. The molecule has 0 aromatic carbocycles. The van der Waals surface area contributed by atoms with Crippen LogP contribution < -0.4 is 0 Å². The normalized spacial score (nSPS) is 6.33. The first-order chi connectivity index (χ1) is 5.20. The van der Waals surface area contributed by atoms with Gasteiger partial charge in [0.15, 0.2) is 0 Å². The Morgan fingerprint density at radius 1 is 1.17 bits per heavy atom. The fraction of sp³-hybridized carbons (Fsp3) is 0. The fourth-order valence-electron chi connectivity index (χ4n) is 0. The van der Waals surface area contributed by atoms with Gasteiger partial charge in [-0.05, 0) is 0 Å². The standard InChI is InChI=1S/H2O3Si.4H2O.2O.Ti.Zr/c1-4(2)3;;;;;;;;/h1-2H;4*1H2;;;;/q;;;;;;;2*+2/p-4. The van der Waals surface area contributed by atoms with Crippen molar-refractivity contribution in [3.8, 4) is 0 Å². The van der Waals surface area contributed by atoms with Crippen LogP contribution in [0.25, 0.3) is 0 Å². The van der Waals surface area contributed by atoms with Gasteiger partial charge < -0.3 is 9.59 Å². The topological polar surface area (TPSA) is 173 Å². The zero-order valence-electron chi connectivity index (χ0n) is 5.41. The van der Waals surface area contributed by atoms with Crippen LogP contribution in [0.15, 0.2) is 0 Å². The van der Waals surface area contributed by atoms with Gasteiger partial charge in [-0.2, -0.15) is 0 Å². The first kappa shape index (κ1) is 18.4. The van der Waals surface area contributed by atoms with Gasteiger partial charge in [-0.15, -0.1) is 0 Å². The molecule has 0 aliphatic heterocycles. The average molecular weight is 317 g/mol. The summed E-state index contributed by atoms with van der Waals surface area (Å²) in [6, 6.07) is 0. The van der Waals surface area contributed by atoms with Gasteiger partial charge in [-0.25, -0.2) is 0 Å². The number of hydrogen-bond acceptors (Lipinski definition) is 3. The molecule has 6 N–H and O–H groups in total. The number of hydrogen-bond donors (Lipinski definition) is 6. The molecule has 0 fully saturated rings. The van der Waals surface area contributed by atoms with Gasteiger partial charge in [-0.3, -0.25) is 4.46 Å². The molecule has 0 radical (unpaired) electrons. The molecule has 0 rings (SSSR count). The van der Waals surface area contributed by atoms with Crippen LogP contribution in [0.3, 0.4) is 0 Å². The predicted octanol–water partition coefficient (Wildman–Crippen LogP) is -4.08. The molecule has 9 nitrogen and oxygen atoms in total. The zero-order chi connectivity index (χ0) is 10.7. The second-order valence-corrected chi connectivity index (χ2v) is 3.68. The van der Waals surface area contributed by atoms with Crippen molar-refractivity contribution in [1.29, 1.82) is 0 Å². The van der Waals surface area contributed by atoms with E-state index in [1.54, 1.807) is 0 Å². The van der Waals surface area contributed by atoms with Crippen LogP contribution in [-0.2, 0) is 51.9 Å². The molecule has 0 heterocycles. The second-order valence-electron chi connectivity index (χ2n) is 0.848. The van der Waals surface area contributed by atoms with E-state index < -0.39 is 50.4 Å². The maximum absolute atomic E-state index is 8.84. The first-order valence-corrected chi connectivity index (χ1v) is 8.49. The van der Waals surface area contributed by atoms with Crippen molar-refractivity contribution in [3.05, 3.63) is 0 Å². The molecule has 0 aromatic heterocycles. The SMILES string of the molecule is O=[Si](O)O.[O]=[Ti]([OH])[OH].[O]=[Zr]([OH])[OH]. The third kappa shape index (κ3) is 2320. The van der Waals surface area contributed by atoms with E-state index in [9.17, 15) is 0 Å². The van der Waals surface area contributed by atoms with E-state index in [1.807, 2.05) is 0 Å². The van der Waals surface area contributed by atoms with Crippen molar-refractivity contribution in [2.24, 2.45) is 0 Å². The molecule has 0 aromatic rings. The summed E-state index contributed by atoms with van der Waals surface area (Å²) in [6.07, 6.45) is 0. The third-order valence-corrected chi connectivity index (χ3v) is 0. The van der Waals surface area contributed by atoms with Crippen molar-refractivity contribution < 1.29 is 75.2 Å². The Bertz CT molecular complexity index is 112. The summed E-state index contributed by atoms with van der Waals surface area (Å²) in [5.41, 5.74) is 0. The monoisotopic (exact) mass is 316 g/mol. The van der Waals surface area contributed by atoms with Crippen molar-refractivity contribution in [2.45, 2.75) is 0 Å². The molecule has 0 saturated heterocycles. The van der Waals surface area contributed by atoms with E-state index in [-0.39, 0.29) is 0 Å². The zero-order valence-corrected chi connectivity index (χ0v) is 10.4. The van der Waals surface area contributed by atoms with E-state index in [4.69, 9.17) is 33.9 Å². The summed E-state index contributed by atoms with van der Waals surface area (Å²) < 4.78 is 55.3. The quantitative estimate of drug-likeness (QED) is 0.243. The van der Waals surface area contributed by atoms with Crippen LogP contribution in [0.2, 0.25) is 0 Å². The van der Waals surface area contributed by atoms with Crippen LogP contribution in [0.4, 0.5) is 0 Å². The van der Waals surface area contributed by atoms with Gasteiger partial charge in [0.05, 0.1) is 0 Å². The Morgan fingerprint density at radius 3 is 1.17 bits per heavy atom. The van der Waals surface area contributed by atoms with Crippen LogP contribution in [0.1, 0.15) is 0 Å². The summed E-state index contributed by atoms with van der Waals surface area (Å²) in [6.45, 7) is 0. The third-order valence-electron chi connectivity index (χ3n) is 0. The van der Waals surface area contributed by atoms with E-state index in [2.05, 4.69) is 0 Å². The molecule has 0 bridgehead atoms. The van der Waals surface area contributed by atoms with Crippen LogP contribution in [-0.4, -0.2) is 32.5 Å². The Kier molecular flexibility index (Phi) is 21.8. The fourth-order valence-corrected chi connectivity index (χ4v) is 0. The predicted molar refractivity (Wildman–Crippen MR) is 21.1 cm³/mol. The minimum atomic E-state index is -3.79. The van der Waals surface area contributed by atoms with Gasteiger partial charge in [0.25, 0.3) is 0 Å². The van der Waals surface area contributed by atoms with Crippen LogP contribution in [0, 0.1) is 0 Å². The molecule has 0 atom stereocenters. The molecule has 0 aliphatic rings. The first-order valence-electron chi connectivity index (χ1n) is 1.95. The Hall–Kier alpha value is 0.654. The molecule has 0 aliphatic carbocycles. The van der Waals surface area contributed by atoms with Gasteiger partial charge in [-0.1, -0.05) is 0 Å². The van der Waals surface area contributed by atoms with Gasteiger partial charge >= 0.3 is 70.3 Å². The summed E-state index contributed by atoms with van der Waals surface area (Å²) in [5.74, 6) is 0. The number of rotatable bonds is 0. The van der Waals surface area contributed by atoms with E-state index in [1.165, 1.54) is 0 Å². The molecule has 0 unspecified atom stereocenters. The Labute approximate surface area is 83.9 Å². The average Bonchev–Trinajstić information content (AvgIpc) is 1.54. The Morgan fingerprint density at radius 2 is 1.17 bits per heavy atom. The minimum absolute atomic E-state index is 3.13. The molecule has 72 valence electrons. The van der Waals surface area contributed by atoms with Gasteiger partial charge in [0.1, 0.15) is 0 Å². The molecule has 12 heavy (non-hydrogen) atoms. The van der Waals surface area contributed by atoms with Crippen LogP contribution in [0.5, 0.6) is 0 Å². The molecule has 0 amide bonds. The van der Waals surface area contributed by atoms with E-state index in [0.29, 0.717) is 0 Å². The molecule has 0 saturated carbocycles. The summed E-state index contributed by atoms with van der Waals surface area (Å²) in [5, 5.41) is 0. The van der Waals surface area contributed by atoms with Crippen molar-refractivity contribution in [3.63, 3.8) is 0 Å². The molecular weight excluding hydrogens is 311 g/mol. The van der Waals surface area contributed by atoms with E-state index >= 15 is 0 Å². The van der Waals surface area contributed by atoms with Gasteiger partial charge in [0, 0.05) is 0 Å². The summed E-state index contributed by atoms with van der Waals surface area (Å²) >= 11 is -7.38. The molecule has 0 spiro atoms. The van der Waals surface area contributed by atoms with Crippen molar-refractivity contribution in [2.75, 3.05) is 0 Å². The maximum atomic E-state index is 8.84. The summed E-state index contributed by atoms with van der Waals surface area (Å²) in [4.78, 5) is 14.3. The van der Waals surface area contributed by atoms with E-state index in [0.717, 1.165) is 0 Å². The summed E-state index contributed by atoms with van der Waals surface area (Å²) in [7, 11) is -3.13. The van der Waals surface area contributed by atoms with Crippen LogP contribution >= 0.6 is 0 Å². The van der Waals surface area contributed by atoms with Crippen molar-refractivity contribution >= 4 is 9.17 Å². The van der Waals surface area contributed by atoms with Gasteiger partial charge in [0.2, 0.25) is 0 Å². The molecular formula is H6O9SiTiZr. The molecule has 12 heteroatoms. The van der Waals surface area contributed by atoms with Crippen molar-refractivity contribution in [1.82, 2.24) is 0 Å².